The Morgan fingerprint density at radius 1 is 1.36 bits per heavy atom. The molecule has 2 aromatic rings. The van der Waals surface area contributed by atoms with Crippen molar-refractivity contribution in [3.05, 3.63) is 30.0 Å². The number of nitrogens with two attached hydrogens (primary N) is 1. The van der Waals surface area contributed by atoms with Crippen LogP contribution in [0.4, 0.5) is 5.82 Å². The van der Waals surface area contributed by atoms with Gasteiger partial charge in [-0.15, -0.1) is 5.10 Å². The second-order valence-electron chi connectivity index (χ2n) is 2.89. The molecule has 0 amide bonds. The molecule has 2 N–H and O–H groups in total. The predicted molar refractivity (Wildman–Crippen MR) is 50.3 cm³/mol. The fourth-order valence-electron chi connectivity index (χ4n) is 1.11. The lowest BCUT2D eigenvalue weighted by Gasteiger charge is -2.01. The summed E-state index contributed by atoms with van der Waals surface area (Å²) >= 11 is 0. The second kappa shape index (κ2) is 3.41. The molecule has 0 aliphatic carbocycles. The average Bonchev–Trinajstić information content (AvgIpc) is 2.56. The minimum Gasteiger partial charge on any atom is -0.381 e. The van der Waals surface area contributed by atoms with Gasteiger partial charge in [-0.05, 0) is 6.92 Å². The molecule has 6 heteroatoms. The summed E-state index contributed by atoms with van der Waals surface area (Å²) in [5, 5.41) is 7.93. The van der Waals surface area contributed by atoms with Crippen molar-refractivity contribution in [2.24, 2.45) is 0 Å². The molecule has 0 aliphatic rings. The first-order valence-corrected chi connectivity index (χ1v) is 4.18. The Morgan fingerprint density at radius 3 is 2.79 bits per heavy atom. The first kappa shape index (κ1) is 8.61. The van der Waals surface area contributed by atoms with Crippen molar-refractivity contribution >= 4 is 5.82 Å². The molecule has 72 valence electrons. The molecule has 0 spiro atoms. The molecule has 0 unspecified atom stereocenters. The van der Waals surface area contributed by atoms with Crippen LogP contribution >= 0.6 is 0 Å². The van der Waals surface area contributed by atoms with E-state index >= 15 is 0 Å². The topological polar surface area (TPSA) is 82.5 Å². The molecule has 0 saturated heterocycles. The van der Waals surface area contributed by atoms with Crippen molar-refractivity contribution < 1.29 is 0 Å². The standard InChI is InChI=1S/C8H10N6/c1-6-7(11-3-2-10-6)5-14-12-4-8(9)13-14/h2-4H,5H2,1H3,(H2,9,13). The van der Waals surface area contributed by atoms with Crippen LogP contribution in [0.15, 0.2) is 18.6 Å². The fraction of sp³-hybridized carbons (Fsp3) is 0.250. The molecule has 0 radical (unpaired) electrons. The highest BCUT2D eigenvalue weighted by Gasteiger charge is 2.02. The van der Waals surface area contributed by atoms with Crippen molar-refractivity contribution in [1.29, 1.82) is 0 Å². The minimum atomic E-state index is 0.409. The summed E-state index contributed by atoms with van der Waals surface area (Å²) in [6.07, 6.45) is 4.81. The first-order chi connectivity index (χ1) is 6.75. The lowest BCUT2D eigenvalue weighted by molar-refractivity contribution is 0.579. The highest BCUT2D eigenvalue weighted by molar-refractivity contribution is 5.19. The van der Waals surface area contributed by atoms with E-state index in [-0.39, 0.29) is 0 Å². The number of rotatable bonds is 2. The summed E-state index contributed by atoms with van der Waals surface area (Å²) in [5.41, 5.74) is 7.17. The highest BCUT2D eigenvalue weighted by Crippen LogP contribution is 2.01. The van der Waals surface area contributed by atoms with E-state index in [1.165, 1.54) is 11.0 Å². The number of nitrogen functional groups attached to an aromatic ring is 1. The van der Waals surface area contributed by atoms with Gasteiger partial charge in [0.15, 0.2) is 5.82 Å². The molecule has 0 aromatic carbocycles. The Hall–Kier alpha value is -1.98. The Balaban J connectivity index is 2.23. The zero-order valence-corrected chi connectivity index (χ0v) is 7.75. The maximum absolute atomic E-state index is 5.44. The molecule has 2 heterocycles. The maximum atomic E-state index is 5.44. The third kappa shape index (κ3) is 1.68. The van der Waals surface area contributed by atoms with Crippen molar-refractivity contribution in [2.45, 2.75) is 13.5 Å². The van der Waals surface area contributed by atoms with Crippen molar-refractivity contribution in [3.63, 3.8) is 0 Å². The van der Waals surface area contributed by atoms with Gasteiger partial charge in [0.25, 0.3) is 0 Å². The summed E-state index contributed by atoms with van der Waals surface area (Å²) in [4.78, 5) is 9.79. The zero-order valence-electron chi connectivity index (χ0n) is 7.75. The number of hydrogen-bond acceptors (Lipinski definition) is 5. The molecular formula is C8H10N6. The number of anilines is 1. The van der Waals surface area contributed by atoms with Crippen LogP contribution in [0.5, 0.6) is 0 Å². The van der Waals surface area contributed by atoms with E-state index in [1.54, 1.807) is 12.4 Å². The largest absolute Gasteiger partial charge is 0.381 e. The van der Waals surface area contributed by atoms with Crippen molar-refractivity contribution in [3.8, 4) is 0 Å². The van der Waals surface area contributed by atoms with Gasteiger partial charge in [0.1, 0.15) is 6.54 Å². The number of aryl methyl sites for hydroxylation is 1. The van der Waals surface area contributed by atoms with E-state index in [0.717, 1.165) is 11.4 Å². The van der Waals surface area contributed by atoms with Crippen LogP contribution in [0.3, 0.4) is 0 Å². The van der Waals surface area contributed by atoms with Gasteiger partial charge in [-0.25, -0.2) is 0 Å². The monoisotopic (exact) mass is 190 g/mol. The van der Waals surface area contributed by atoms with Gasteiger partial charge >= 0.3 is 0 Å². The first-order valence-electron chi connectivity index (χ1n) is 4.18. The second-order valence-corrected chi connectivity index (χ2v) is 2.89. The quantitative estimate of drug-likeness (QED) is 0.721. The van der Waals surface area contributed by atoms with Gasteiger partial charge in [-0.3, -0.25) is 9.97 Å². The molecule has 0 saturated carbocycles. The minimum absolute atomic E-state index is 0.409. The van der Waals surface area contributed by atoms with E-state index in [2.05, 4.69) is 20.2 Å². The molecule has 0 bridgehead atoms. The molecule has 2 aromatic heterocycles. The van der Waals surface area contributed by atoms with Crippen LogP contribution < -0.4 is 5.73 Å². The Morgan fingerprint density at radius 2 is 2.14 bits per heavy atom. The molecule has 0 aliphatic heterocycles. The molecule has 2 rings (SSSR count). The summed E-state index contributed by atoms with van der Waals surface area (Å²) in [6.45, 7) is 2.39. The molecule has 0 atom stereocenters. The van der Waals surface area contributed by atoms with Gasteiger partial charge in [0.2, 0.25) is 0 Å². The predicted octanol–water partition coefficient (Wildman–Crippen LogP) is 0.00702. The molecule has 14 heavy (non-hydrogen) atoms. The Labute approximate surface area is 80.8 Å². The average molecular weight is 190 g/mol. The van der Waals surface area contributed by atoms with Gasteiger partial charge < -0.3 is 5.73 Å². The van der Waals surface area contributed by atoms with Crippen molar-refractivity contribution in [1.82, 2.24) is 25.0 Å². The highest BCUT2D eigenvalue weighted by atomic mass is 15.5. The van der Waals surface area contributed by atoms with Gasteiger partial charge in [0, 0.05) is 12.4 Å². The third-order valence-electron chi connectivity index (χ3n) is 1.83. The van der Waals surface area contributed by atoms with Crippen LogP contribution in [-0.2, 0) is 6.54 Å². The fourth-order valence-corrected chi connectivity index (χ4v) is 1.11. The van der Waals surface area contributed by atoms with E-state index in [4.69, 9.17) is 5.73 Å². The molecule has 0 fully saturated rings. The van der Waals surface area contributed by atoms with Gasteiger partial charge in [-0.1, -0.05) is 0 Å². The van der Waals surface area contributed by atoms with E-state index in [9.17, 15) is 0 Å². The molecule has 6 nitrogen and oxygen atoms in total. The Bertz CT molecular complexity index is 435. The van der Waals surface area contributed by atoms with Crippen molar-refractivity contribution in [2.75, 3.05) is 5.73 Å². The number of nitrogens with zero attached hydrogens (tertiary/aromatic N) is 5. The van der Waals surface area contributed by atoms with Crippen LogP contribution in [0, 0.1) is 6.92 Å². The molecular weight excluding hydrogens is 180 g/mol. The summed E-state index contributed by atoms with van der Waals surface area (Å²) in [5.74, 6) is 0.409. The summed E-state index contributed by atoms with van der Waals surface area (Å²) in [7, 11) is 0. The van der Waals surface area contributed by atoms with Crippen LogP contribution in [0.2, 0.25) is 0 Å². The third-order valence-corrected chi connectivity index (χ3v) is 1.83. The number of aromatic nitrogens is 5. The number of hydrogen-bond donors (Lipinski definition) is 1. The summed E-state index contributed by atoms with van der Waals surface area (Å²) in [6, 6.07) is 0. The zero-order chi connectivity index (χ0) is 9.97. The SMILES string of the molecule is Cc1nccnc1Cn1ncc(N)n1. The van der Waals surface area contributed by atoms with Crippen LogP contribution in [-0.4, -0.2) is 25.0 Å². The van der Waals surface area contributed by atoms with E-state index in [1.807, 2.05) is 6.92 Å². The van der Waals surface area contributed by atoms with Gasteiger partial charge in [-0.2, -0.15) is 9.90 Å². The summed E-state index contributed by atoms with van der Waals surface area (Å²) < 4.78 is 0. The lowest BCUT2D eigenvalue weighted by Crippen LogP contribution is -2.08. The van der Waals surface area contributed by atoms with E-state index < -0.39 is 0 Å². The van der Waals surface area contributed by atoms with Gasteiger partial charge in [0.05, 0.1) is 17.6 Å². The lowest BCUT2D eigenvalue weighted by atomic mass is 10.3. The smallest absolute Gasteiger partial charge is 0.165 e. The van der Waals surface area contributed by atoms with E-state index in [0.29, 0.717) is 12.4 Å². The van der Waals surface area contributed by atoms with Crippen LogP contribution in [0.25, 0.3) is 0 Å². The van der Waals surface area contributed by atoms with Crippen LogP contribution in [0.1, 0.15) is 11.4 Å². The normalized spacial score (nSPS) is 10.4. The maximum Gasteiger partial charge on any atom is 0.165 e. The Kier molecular flexibility index (Phi) is 2.10.